The van der Waals surface area contributed by atoms with Gasteiger partial charge in [0.2, 0.25) is 23.6 Å². The molecule has 47 heavy (non-hydrogen) atoms. The van der Waals surface area contributed by atoms with Crippen LogP contribution in [0.2, 0.25) is 5.02 Å². The first-order valence-electron chi connectivity index (χ1n) is 15.4. The number of carboxylic acid groups (broad SMARTS) is 1. The van der Waals surface area contributed by atoms with Crippen LogP contribution < -0.4 is 26.0 Å². The van der Waals surface area contributed by atoms with Crippen molar-refractivity contribution in [1.29, 1.82) is 0 Å². The Labute approximate surface area is 277 Å². The molecule has 0 aliphatic carbocycles. The number of hydrogen-bond acceptors (Lipinski definition) is 7. The number of benzene rings is 2. The molecule has 2 aromatic carbocycles. The largest absolute Gasteiger partial charge is 0.494 e. The van der Waals surface area contributed by atoms with Crippen LogP contribution in [0.5, 0.6) is 5.75 Å². The van der Waals surface area contributed by atoms with Gasteiger partial charge in [-0.15, -0.1) is 0 Å². The average Bonchev–Trinajstić information content (AvgIpc) is 3.32. The number of nitrogens with zero attached hydrogens (tertiary/aromatic N) is 1. The highest BCUT2D eigenvalue weighted by molar-refractivity contribution is 6.30. The van der Waals surface area contributed by atoms with Crippen molar-refractivity contribution in [3.05, 3.63) is 64.3 Å². The Hall–Kier alpha value is -4.91. The summed E-state index contributed by atoms with van der Waals surface area (Å²) in [4.78, 5) is 71.5. The summed E-state index contributed by atoms with van der Waals surface area (Å²) in [6, 6.07) is 11.8. The van der Waals surface area contributed by atoms with E-state index >= 15 is 0 Å². The van der Waals surface area contributed by atoms with Crippen molar-refractivity contribution < 1.29 is 38.6 Å². The van der Waals surface area contributed by atoms with Gasteiger partial charge < -0.3 is 31.1 Å². The molecule has 252 valence electrons. The monoisotopic (exact) mass is 669 g/mol. The Bertz CT molecular complexity index is 1600. The van der Waals surface area contributed by atoms with E-state index in [-0.39, 0.29) is 50.2 Å². The Balaban J connectivity index is 1.38. The Morgan fingerprint density at radius 1 is 0.787 bits per heavy atom. The van der Waals surface area contributed by atoms with E-state index in [0.717, 1.165) is 25.7 Å². The predicted molar refractivity (Wildman–Crippen MR) is 175 cm³/mol. The fourth-order valence-corrected chi connectivity index (χ4v) is 4.88. The molecule has 0 fully saturated rings. The van der Waals surface area contributed by atoms with Gasteiger partial charge in [0.15, 0.2) is 0 Å². The number of unbranched alkanes of at least 4 members (excludes halogenated alkanes) is 3. The number of hydrogen-bond donors (Lipinski definition) is 5. The molecule has 1 heterocycles. The van der Waals surface area contributed by atoms with Crippen molar-refractivity contribution in [2.45, 2.75) is 52.4 Å². The molecule has 1 aromatic heterocycles. The first-order chi connectivity index (χ1) is 22.5. The van der Waals surface area contributed by atoms with Crippen LogP contribution in [-0.4, -0.2) is 78.0 Å². The summed E-state index contributed by atoms with van der Waals surface area (Å²) < 4.78 is 7.45. The van der Waals surface area contributed by atoms with Gasteiger partial charge in [-0.2, -0.15) is 0 Å². The molecule has 13 nitrogen and oxygen atoms in total. The molecule has 4 amide bonds. The van der Waals surface area contributed by atoms with Gasteiger partial charge in [-0.3, -0.25) is 33.3 Å². The van der Waals surface area contributed by atoms with Gasteiger partial charge in [-0.05, 0) is 67.8 Å². The van der Waals surface area contributed by atoms with E-state index in [1.165, 1.54) is 4.57 Å². The summed E-state index contributed by atoms with van der Waals surface area (Å²) in [5, 5.41) is 20.6. The van der Waals surface area contributed by atoms with Gasteiger partial charge in [0.25, 0.3) is 5.91 Å². The molecule has 0 saturated carbocycles. The number of carbonyl (C=O) groups excluding carboxylic acids is 5. The van der Waals surface area contributed by atoms with E-state index in [0.29, 0.717) is 51.6 Å². The van der Waals surface area contributed by atoms with E-state index in [1.54, 1.807) is 56.3 Å². The smallest absolute Gasteiger partial charge is 0.307 e. The quantitative estimate of drug-likeness (QED) is 0.128. The summed E-state index contributed by atoms with van der Waals surface area (Å²) >= 11 is 5.97. The zero-order valence-electron chi connectivity index (χ0n) is 26.4. The maximum atomic E-state index is 13.4. The van der Waals surface area contributed by atoms with Crippen LogP contribution in [0, 0.1) is 6.92 Å². The molecule has 0 radical (unpaired) electrons. The van der Waals surface area contributed by atoms with Crippen LogP contribution in [-0.2, 0) is 30.4 Å². The Morgan fingerprint density at radius 3 is 2.00 bits per heavy atom. The molecule has 3 rings (SSSR count). The number of fused-ring (bicyclic) bond motifs is 1. The number of ether oxygens (including phenoxy) is 1. The van der Waals surface area contributed by atoms with Crippen molar-refractivity contribution >= 4 is 58.0 Å². The van der Waals surface area contributed by atoms with Gasteiger partial charge in [0.1, 0.15) is 5.75 Å². The highest BCUT2D eigenvalue weighted by Gasteiger charge is 2.22. The van der Waals surface area contributed by atoms with Crippen LogP contribution >= 0.6 is 11.6 Å². The third-order valence-corrected chi connectivity index (χ3v) is 7.50. The van der Waals surface area contributed by atoms with E-state index in [9.17, 15) is 33.9 Å². The molecule has 5 N–H and O–H groups in total. The minimum absolute atomic E-state index is 0.216. The number of halogens is 1. The lowest BCUT2D eigenvalue weighted by Crippen LogP contribution is -2.44. The van der Waals surface area contributed by atoms with Gasteiger partial charge >= 0.3 is 5.97 Å². The second-order valence-corrected chi connectivity index (χ2v) is 11.2. The number of aromatic nitrogens is 1. The molecule has 0 atom stereocenters. The zero-order chi connectivity index (χ0) is 34.3. The van der Waals surface area contributed by atoms with Gasteiger partial charge in [0.05, 0.1) is 38.2 Å². The molecule has 0 aliphatic heterocycles. The second kappa shape index (κ2) is 18.3. The van der Waals surface area contributed by atoms with Crippen molar-refractivity contribution in [3.63, 3.8) is 0 Å². The van der Waals surface area contributed by atoms with Gasteiger partial charge in [0, 0.05) is 34.6 Å². The van der Waals surface area contributed by atoms with Crippen LogP contribution in [0.25, 0.3) is 10.9 Å². The standard InChI is InChI=1S/C33H40ClN5O8/c1-3-28(40)36-19-30(42)38-20-31(43)37-18-29(41)35-14-6-4-5-7-15-47-24-12-13-27-26(16-24)25(17-32(44)45)21(2)39(27)33(46)22-8-10-23(34)11-9-22/h8-13,16H,3-7,14-15,17-20H2,1-2H3,(H,35,41)(H,36,40)(H,37,43)(H,38,42)(H,44,45). The topological polar surface area (TPSA) is 185 Å². The normalized spacial score (nSPS) is 10.7. The Morgan fingerprint density at radius 2 is 1.38 bits per heavy atom. The summed E-state index contributed by atoms with van der Waals surface area (Å²) in [6.45, 7) is 3.52. The predicted octanol–water partition coefficient (Wildman–Crippen LogP) is 2.73. The van der Waals surface area contributed by atoms with Gasteiger partial charge in [-0.25, -0.2) is 0 Å². The van der Waals surface area contributed by atoms with E-state index in [1.807, 2.05) is 0 Å². The zero-order valence-corrected chi connectivity index (χ0v) is 27.2. The number of amides is 4. The third kappa shape index (κ3) is 11.4. The van der Waals surface area contributed by atoms with Crippen molar-refractivity contribution in [1.82, 2.24) is 25.8 Å². The van der Waals surface area contributed by atoms with Crippen LogP contribution in [0.1, 0.15) is 60.6 Å². The number of aliphatic carboxylic acids is 1. The highest BCUT2D eigenvalue weighted by atomic mass is 35.5. The number of carboxylic acids is 1. The number of carbonyl (C=O) groups is 6. The lowest BCUT2D eigenvalue weighted by atomic mass is 10.1. The molecular weight excluding hydrogens is 630 g/mol. The first kappa shape index (κ1) is 36.6. The summed E-state index contributed by atoms with van der Waals surface area (Å²) in [5.74, 6) is -2.37. The lowest BCUT2D eigenvalue weighted by Gasteiger charge is -2.09. The summed E-state index contributed by atoms with van der Waals surface area (Å²) in [7, 11) is 0. The van der Waals surface area contributed by atoms with Gasteiger partial charge in [-0.1, -0.05) is 31.4 Å². The molecule has 0 aliphatic rings. The molecule has 0 bridgehead atoms. The minimum atomic E-state index is -1.00. The van der Waals surface area contributed by atoms with Crippen LogP contribution in [0.3, 0.4) is 0 Å². The molecular formula is C33H40ClN5O8. The first-order valence-corrected chi connectivity index (χ1v) is 15.7. The van der Waals surface area contributed by atoms with Crippen molar-refractivity contribution in [3.8, 4) is 5.75 Å². The highest BCUT2D eigenvalue weighted by Crippen LogP contribution is 2.31. The maximum absolute atomic E-state index is 13.4. The van der Waals surface area contributed by atoms with E-state index < -0.39 is 17.8 Å². The SMILES string of the molecule is CCC(=O)NCC(=O)NCC(=O)NCC(=O)NCCCCCCOc1ccc2c(c1)c(CC(=O)O)c(C)n2C(=O)c1ccc(Cl)cc1. The fraction of sp³-hybridized carbons (Fsp3) is 0.394. The summed E-state index contributed by atoms with van der Waals surface area (Å²) in [5.41, 5.74) is 2.11. The summed E-state index contributed by atoms with van der Waals surface area (Å²) in [6.07, 6.45) is 3.19. The van der Waals surface area contributed by atoms with Crippen LogP contribution in [0.15, 0.2) is 42.5 Å². The van der Waals surface area contributed by atoms with Crippen LogP contribution in [0.4, 0.5) is 0 Å². The molecule has 3 aromatic rings. The molecule has 0 saturated heterocycles. The number of nitrogens with one attached hydrogen (secondary N) is 4. The molecule has 0 unspecified atom stereocenters. The third-order valence-electron chi connectivity index (χ3n) is 7.25. The minimum Gasteiger partial charge on any atom is -0.494 e. The average molecular weight is 670 g/mol. The van der Waals surface area contributed by atoms with Crippen molar-refractivity contribution in [2.24, 2.45) is 0 Å². The Kier molecular flexibility index (Phi) is 14.2. The van der Waals surface area contributed by atoms with Crippen molar-refractivity contribution in [2.75, 3.05) is 32.8 Å². The maximum Gasteiger partial charge on any atom is 0.307 e. The molecule has 14 heteroatoms. The fourth-order valence-electron chi connectivity index (χ4n) is 4.76. The molecule has 0 spiro atoms. The lowest BCUT2D eigenvalue weighted by molar-refractivity contribution is -0.136. The number of rotatable bonds is 18. The van der Waals surface area contributed by atoms with E-state index in [2.05, 4.69) is 21.3 Å². The second-order valence-electron chi connectivity index (χ2n) is 10.8. The van der Waals surface area contributed by atoms with E-state index in [4.69, 9.17) is 16.3 Å².